The van der Waals surface area contributed by atoms with Crippen LogP contribution in [0.4, 0.5) is 0 Å². The minimum absolute atomic E-state index is 0.117. The SMILES string of the molecule is IC12C=Cc3c(/C=C/C4=CCCC=C4)nn(C4CCCCO4)c3C1C2. The van der Waals surface area contributed by atoms with Crippen LogP contribution in [0.3, 0.4) is 0 Å². The maximum atomic E-state index is 6.06. The second-order valence-corrected chi connectivity index (χ2v) is 9.49. The van der Waals surface area contributed by atoms with Crippen LogP contribution in [0.25, 0.3) is 12.2 Å². The van der Waals surface area contributed by atoms with Gasteiger partial charge in [-0.3, -0.25) is 0 Å². The summed E-state index contributed by atoms with van der Waals surface area (Å²) < 4.78 is 8.59. The highest BCUT2D eigenvalue weighted by Crippen LogP contribution is 2.63. The van der Waals surface area contributed by atoms with Gasteiger partial charge in [-0.1, -0.05) is 59.0 Å². The molecule has 25 heavy (non-hydrogen) atoms. The summed E-state index contributed by atoms with van der Waals surface area (Å²) in [5, 5.41) is 5.01. The Balaban J connectivity index is 1.53. The third-order valence-corrected chi connectivity index (χ3v) is 7.25. The average Bonchev–Trinajstić information content (AvgIpc) is 3.22. The highest BCUT2D eigenvalue weighted by atomic mass is 127. The number of hydrogen-bond donors (Lipinski definition) is 0. The van der Waals surface area contributed by atoms with Crippen molar-refractivity contribution >= 4 is 34.7 Å². The highest BCUT2D eigenvalue weighted by Gasteiger charge is 2.55. The van der Waals surface area contributed by atoms with Crippen LogP contribution < -0.4 is 0 Å². The fourth-order valence-electron chi connectivity index (χ4n) is 4.17. The Morgan fingerprint density at radius 3 is 3.00 bits per heavy atom. The molecule has 3 nitrogen and oxygen atoms in total. The van der Waals surface area contributed by atoms with Crippen LogP contribution in [0.15, 0.2) is 36.0 Å². The van der Waals surface area contributed by atoms with Gasteiger partial charge in [0.25, 0.3) is 0 Å². The summed E-state index contributed by atoms with van der Waals surface area (Å²) in [6.45, 7) is 0.859. The van der Waals surface area contributed by atoms with Crippen molar-refractivity contribution in [1.82, 2.24) is 9.78 Å². The lowest BCUT2D eigenvalue weighted by Gasteiger charge is -2.25. The van der Waals surface area contributed by atoms with E-state index in [1.807, 2.05) is 0 Å². The van der Waals surface area contributed by atoms with Crippen LogP contribution in [0, 0.1) is 0 Å². The van der Waals surface area contributed by atoms with Gasteiger partial charge in [-0.25, -0.2) is 4.68 Å². The molecule has 1 aliphatic heterocycles. The maximum absolute atomic E-state index is 6.06. The number of rotatable bonds is 3. The van der Waals surface area contributed by atoms with E-state index >= 15 is 0 Å². The summed E-state index contributed by atoms with van der Waals surface area (Å²) in [6.07, 6.45) is 23.0. The molecule has 2 fully saturated rings. The molecule has 3 unspecified atom stereocenters. The predicted octanol–water partition coefficient (Wildman–Crippen LogP) is 5.56. The second-order valence-electron chi connectivity index (χ2n) is 7.48. The number of allylic oxidation sites excluding steroid dienone is 6. The summed E-state index contributed by atoms with van der Waals surface area (Å²) in [7, 11) is 0. The van der Waals surface area contributed by atoms with Crippen LogP contribution >= 0.6 is 22.6 Å². The van der Waals surface area contributed by atoms with E-state index in [0.717, 1.165) is 31.6 Å². The Morgan fingerprint density at radius 1 is 1.24 bits per heavy atom. The zero-order chi connectivity index (χ0) is 16.9. The van der Waals surface area contributed by atoms with Gasteiger partial charge >= 0.3 is 0 Å². The molecule has 5 rings (SSSR count). The largest absolute Gasteiger partial charge is 0.357 e. The summed E-state index contributed by atoms with van der Waals surface area (Å²) in [6, 6.07) is 0. The first kappa shape index (κ1) is 16.1. The first-order valence-electron chi connectivity index (χ1n) is 9.41. The Bertz CT molecular complexity index is 810. The molecule has 2 heterocycles. The van der Waals surface area contributed by atoms with Gasteiger partial charge in [0.15, 0.2) is 6.23 Å². The molecule has 0 aromatic carbocycles. The fraction of sp³-hybridized carbons (Fsp3) is 0.476. The van der Waals surface area contributed by atoms with Crippen molar-refractivity contribution in [3.05, 3.63) is 52.9 Å². The molecule has 0 N–H and O–H groups in total. The zero-order valence-electron chi connectivity index (χ0n) is 14.3. The lowest BCUT2D eigenvalue weighted by Crippen LogP contribution is -2.22. The van der Waals surface area contributed by atoms with Crippen LogP contribution in [-0.4, -0.2) is 19.8 Å². The molecular formula is C21H23IN2O. The standard InChI is InChI=1S/C21H23IN2O/c22-21-12-11-16-18(10-9-15-6-2-1-3-7-15)23-24(20(16)17(21)14-21)19-8-4-5-13-25-19/h2,6-7,9-12,17,19H,1,3-5,8,13-14H2/b10-9+. The first-order valence-corrected chi connectivity index (χ1v) is 10.5. The van der Waals surface area contributed by atoms with Gasteiger partial charge in [-0.15, -0.1) is 0 Å². The molecule has 4 heteroatoms. The van der Waals surface area contributed by atoms with E-state index in [2.05, 4.69) is 69.8 Å². The summed E-state index contributed by atoms with van der Waals surface area (Å²) in [5.74, 6) is 0.599. The van der Waals surface area contributed by atoms with E-state index in [1.54, 1.807) is 0 Å². The van der Waals surface area contributed by atoms with E-state index in [-0.39, 0.29) is 6.23 Å². The molecule has 1 aromatic heterocycles. The predicted molar refractivity (Wildman–Crippen MR) is 110 cm³/mol. The van der Waals surface area contributed by atoms with E-state index < -0.39 is 0 Å². The van der Waals surface area contributed by atoms with Gasteiger partial charge in [-0.2, -0.15) is 5.10 Å². The molecule has 0 amide bonds. The number of alkyl halides is 1. The van der Waals surface area contributed by atoms with E-state index in [1.165, 1.54) is 36.1 Å². The monoisotopic (exact) mass is 446 g/mol. The average molecular weight is 446 g/mol. The molecule has 0 spiro atoms. The summed E-state index contributed by atoms with van der Waals surface area (Å²) >= 11 is 2.61. The van der Waals surface area contributed by atoms with Crippen molar-refractivity contribution in [3.63, 3.8) is 0 Å². The van der Waals surface area contributed by atoms with Crippen molar-refractivity contribution in [2.24, 2.45) is 0 Å². The number of hydrogen-bond acceptors (Lipinski definition) is 2. The normalized spacial score (nSPS) is 33.2. The number of halogens is 1. The molecule has 0 radical (unpaired) electrons. The van der Waals surface area contributed by atoms with Crippen LogP contribution in [-0.2, 0) is 4.74 Å². The van der Waals surface area contributed by atoms with Crippen molar-refractivity contribution < 1.29 is 4.74 Å². The lowest BCUT2D eigenvalue weighted by atomic mass is 10.0. The third-order valence-electron chi connectivity index (χ3n) is 5.69. The van der Waals surface area contributed by atoms with Gasteiger partial charge in [0.05, 0.1) is 11.4 Å². The topological polar surface area (TPSA) is 27.1 Å². The van der Waals surface area contributed by atoms with Crippen LogP contribution in [0.2, 0.25) is 0 Å². The van der Waals surface area contributed by atoms with Crippen LogP contribution in [0.1, 0.15) is 67.6 Å². The minimum Gasteiger partial charge on any atom is -0.357 e. The molecular weight excluding hydrogens is 423 g/mol. The lowest BCUT2D eigenvalue weighted by molar-refractivity contribution is -0.0412. The fourth-order valence-corrected chi connectivity index (χ4v) is 5.09. The minimum atomic E-state index is 0.117. The van der Waals surface area contributed by atoms with Crippen molar-refractivity contribution in [2.45, 2.75) is 54.1 Å². The maximum Gasteiger partial charge on any atom is 0.150 e. The second kappa shape index (κ2) is 6.23. The van der Waals surface area contributed by atoms with Crippen molar-refractivity contribution in [1.29, 1.82) is 0 Å². The Hall–Kier alpha value is -1.14. The Kier molecular flexibility index (Phi) is 4.01. The summed E-state index contributed by atoms with van der Waals surface area (Å²) in [4.78, 5) is 0. The molecule has 0 bridgehead atoms. The molecule has 130 valence electrons. The van der Waals surface area contributed by atoms with Crippen molar-refractivity contribution in [2.75, 3.05) is 6.61 Å². The van der Waals surface area contributed by atoms with Gasteiger partial charge in [0, 0.05) is 21.5 Å². The number of fused-ring (bicyclic) bond motifs is 3. The number of aromatic nitrogens is 2. The molecule has 3 aliphatic carbocycles. The Labute approximate surface area is 162 Å². The van der Waals surface area contributed by atoms with Gasteiger partial charge in [0.1, 0.15) is 0 Å². The van der Waals surface area contributed by atoms with E-state index in [0.29, 0.717) is 9.34 Å². The molecule has 1 saturated heterocycles. The quantitative estimate of drug-likeness (QED) is 0.449. The molecule has 1 saturated carbocycles. The molecule has 3 atom stereocenters. The van der Waals surface area contributed by atoms with Crippen molar-refractivity contribution in [3.8, 4) is 0 Å². The molecule has 1 aromatic rings. The van der Waals surface area contributed by atoms with Crippen LogP contribution in [0.5, 0.6) is 0 Å². The van der Waals surface area contributed by atoms with E-state index in [9.17, 15) is 0 Å². The number of nitrogens with zero attached hydrogens (tertiary/aromatic N) is 2. The highest BCUT2D eigenvalue weighted by molar-refractivity contribution is 14.1. The summed E-state index contributed by atoms with van der Waals surface area (Å²) in [5.41, 5.74) is 5.08. The van der Waals surface area contributed by atoms with E-state index in [4.69, 9.17) is 9.84 Å². The van der Waals surface area contributed by atoms with Gasteiger partial charge in [-0.05, 0) is 50.2 Å². The number of ether oxygens (including phenoxy) is 1. The zero-order valence-corrected chi connectivity index (χ0v) is 16.5. The smallest absolute Gasteiger partial charge is 0.150 e. The van der Waals surface area contributed by atoms with Gasteiger partial charge < -0.3 is 4.74 Å². The Morgan fingerprint density at radius 2 is 2.20 bits per heavy atom. The molecule has 4 aliphatic rings. The third kappa shape index (κ3) is 2.87. The van der Waals surface area contributed by atoms with Gasteiger partial charge in [0.2, 0.25) is 0 Å². The first-order chi connectivity index (χ1) is 12.2.